The molecule has 0 aliphatic carbocycles. The molecule has 1 N–H and O–H groups in total. The number of benzene rings is 6. The van der Waals surface area contributed by atoms with Crippen molar-refractivity contribution in [3.8, 4) is 28.2 Å². The van der Waals surface area contributed by atoms with E-state index in [9.17, 15) is 38.4 Å². The van der Waals surface area contributed by atoms with Crippen molar-refractivity contribution in [3.05, 3.63) is 184 Å². The van der Waals surface area contributed by atoms with Crippen molar-refractivity contribution in [2.75, 3.05) is 9.80 Å². The first-order valence-electron chi connectivity index (χ1n) is 19.0. The van der Waals surface area contributed by atoms with Crippen molar-refractivity contribution < 1.29 is 19.2 Å². The van der Waals surface area contributed by atoms with Crippen LogP contribution in [0.3, 0.4) is 0 Å². The number of carbonyl (C=O) groups is 4. The fourth-order valence-electron chi connectivity index (χ4n) is 8.42. The summed E-state index contributed by atoms with van der Waals surface area (Å²) < 4.78 is 1.83. The van der Waals surface area contributed by atoms with E-state index < -0.39 is 45.9 Å². The average molecular weight is 803 g/mol. The standard InChI is InChI=1S/C47H26N6O8/c1-22-3-16-37-38(17-22)49-39(48-37)23-4-8-26(9-5-23)51-42(56)29-14-6-24(18-31(29)44(51)58)25-7-15-30-32(19-25)45(59)52(43(30)57)27-10-12-28(13-11-27)53-46(60)35-20-33-34(21-36(35)47(53)61)41(55)50(2)40(33)54/h3-21H,1-2H3,(H,48,49). The number of fused-ring (bicyclic) bond motifs is 5. The van der Waals surface area contributed by atoms with Crippen molar-refractivity contribution in [2.24, 2.45) is 7.05 Å². The van der Waals surface area contributed by atoms with Crippen molar-refractivity contribution in [1.82, 2.24) is 19.1 Å². The number of amides is 4. The van der Waals surface area contributed by atoms with Gasteiger partial charge in [0.15, 0.2) is 0 Å². The fraction of sp³-hybridized carbons (Fsp3) is 0.0426. The molecule has 2 aliphatic heterocycles. The fourth-order valence-corrected chi connectivity index (χ4v) is 8.42. The first kappa shape index (κ1) is 35.5. The van der Waals surface area contributed by atoms with Gasteiger partial charge in [-0.15, -0.1) is 0 Å². The zero-order chi connectivity index (χ0) is 42.2. The molecule has 0 spiro atoms. The Balaban J connectivity index is 0.853. The number of nitrogens with zero attached hydrogens (tertiary/aromatic N) is 5. The van der Waals surface area contributed by atoms with Gasteiger partial charge in [-0.2, -0.15) is 0 Å². The lowest BCUT2D eigenvalue weighted by molar-refractivity contribution is 0.0910. The van der Waals surface area contributed by atoms with E-state index in [0.29, 0.717) is 22.6 Å². The third-order valence-electron chi connectivity index (χ3n) is 11.6. The molecule has 2 aliphatic rings. The van der Waals surface area contributed by atoms with Gasteiger partial charge in [-0.25, -0.2) is 19.4 Å². The number of carbonyl (C=O) groups excluding carboxylic acids is 4. The molecule has 9 aromatic rings. The molecule has 0 saturated heterocycles. The molecule has 11 rings (SSSR count). The maximum absolute atomic E-state index is 13.8. The minimum Gasteiger partial charge on any atom is -0.338 e. The Bertz CT molecular complexity index is 3660. The zero-order valence-corrected chi connectivity index (χ0v) is 32.0. The van der Waals surface area contributed by atoms with E-state index in [4.69, 9.17) is 0 Å². The second kappa shape index (κ2) is 12.4. The Morgan fingerprint density at radius 3 is 1.41 bits per heavy atom. The summed E-state index contributed by atoms with van der Waals surface area (Å²) in [6.45, 7) is 2.00. The Kier molecular flexibility index (Phi) is 7.23. The van der Waals surface area contributed by atoms with E-state index in [1.54, 1.807) is 54.6 Å². The second-order valence-corrected chi connectivity index (χ2v) is 15.1. The number of aromatic amines is 1. The van der Waals surface area contributed by atoms with Crippen molar-refractivity contribution in [2.45, 2.75) is 6.92 Å². The predicted octanol–water partition coefficient (Wildman–Crippen LogP) is 5.56. The number of H-pyrrole nitrogens is 1. The van der Waals surface area contributed by atoms with Crippen LogP contribution in [0, 0.1) is 6.92 Å². The van der Waals surface area contributed by atoms with Gasteiger partial charge in [0, 0.05) is 12.6 Å². The van der Waals surface area contributed by atoms with Crippen LogP contribution in [0.5, 0.6) is 0 Å². The van der Waals surface area contributed by atoms with Crippen LogP contribution in [-0.2, 0) is 7.05 Å². The first-order chi connectivity index (χ1) is 29.4. The lowest BCUT2D eigenvalue weighted by Crippen LogP contribution is -2.29. The molecule has 0 fully saturated rings. The molecular formula is C47H26N6O8. The molecular weight excluding hydrogens is 777 g/mol. The van der Waals surface area contributed by atoms with Gasteiger partial charge in [-0.3, -0.25) is 42.9 Å². The van der Waals surface area contributed by atoms with Crippen LogP contribution in [0.25, 0.3) is 60.8 Å². The normalized spacial score (nSPS) is 13.7. The maximum atomic E-state index is 13.8. The van der Waals surface area contributed by atoms with E-state index >= 15 is 0 Å². The average Bonchev–Trinajstić information content (AvgIpc) is 4.00. The van der Waals surface area contributed by atoms with Crippen molar-refractivity contribution in [1.29, 1.82) is 0 Å². The Labute approximate surface area is 341 Å². The van der Waals surface area contributed by atoms with E-state index in [0.717, 1.165) is 41.1 Å². The number of nitrogens with one attached hydrogen (secondary N) is 1. The van der Waals surface area contributed by atoms with Gasteiger partial charge in [0.25, 0.3) is 45.9 Å². The summed E-state index contributed by atoms with van der Waals surface area (Å²) in [6, 6.07) is 30.8. The molecule has 0 unspecified atom stereocenters. The van der Waals surface area contributed by atoms with E-state index in [2.05, 4.69) is 9.97 Å². The smallest absolute Gasteiger partial charge is 0.266 e. The highest BCUT2D eigenvalue weighted by Crippen LogP contribution is 2.36. The van der Waals surface area contributed by atoms with Gasteiger partial charge >= 0.3 is 0 Å². The van der Waals surface area contributed by atoms with Crippen LogP contribution in [0.4, 0.5) is 11.4 Å². The van der Waals surface area contributed by atoms with Gasteiger partial charge in [-0.1, -0.05) is 18.2 Å². The molecule has 292 valence electrons. The van der Waals surface area contributed by atoms with Gasteiger partial charge in [-0.05, 0) is 121 Å². The first-order valence-corrected chi connectivity index (χ1v) is 19.0. The molecule has 5 heterocycles. The van der Waals surface area contributed by atoms with E-state index in [-0.39, 0.29) is 55.2 Å². The summed E-state index contributed by atoms with van der Waals surface area (Å²) in [4.78, 5) is 117. The Morgan fingerprint density at radius 1 is 0.443 bits per heavy atom. The summed E-state index contributed by atoms with van der Waals surface area (Å²) in [7, 11) is 1.32. The lowest BCUT2D eigenvalue weighted by atomic mass is 9.97. The summed E-state index contributed by atoms with van der Waals surface area (Å²) in [6.07, 6.45) is 0. The number of rotatable bonds is 5. The number of anilines is 2. The SMILES string of the molecule is Cc1ccc2nc(-c3ccc(N4C(=O)c5ccc(-c6ccc7c(c6)C(=O)N(c6ccc(-n8c(=O)c9cc%10c(=O)n(C)c(=O)c%10cc9c8=O)cc6)C7=O)cc5C4=O)cc3)[nH]c2c1. The molecule has 14 nitrogen and oxygen atoms in total. The van der Waals surface area contributed by atoms with Crippen LogP contribution >= 0.6 is 0 Å². The largest absolute Gasteiger partial charge is 0.338 e. The Morgan fingerprint density at radius 2 is 0.885 bits per heavy atom. The number of imide groups is 2. The third kappa shape index (κ3) is 4.99. The maximum Gasteiger partial charge on any atom is 0.266 e. The number of hydrogen-bond acceptors (Lipinski definition) is 9. The Hall–Kier alpha value is -8.65. The third-order valence-corrected chi connectivity index (χ3v) is 11.6. The minimum atomic E-state index is -0.687. The van der Waals surface area contributed by atoms with Gasteiger partial charge < -0.3 is 4.98 Å². The van der Waals surface area contributed by atoms with Crippen molar-refractivity contribution >= 4 is 67.6 Å². The molecule has 14 heteroatoms. The quantitative estimate of drug-likeness (QED) is 0.218. The number of aryl methyl sites for hydroxylation is 1. The van der Waals surface area contributed by atoms with Crippen molar-refractivity contribution in [3.63, 3.8) is 0 Å². The summed E-state index contributed by atoms with van der Waals surface area (Å²) in [5.74, 6) is -1.50. The molecule has 3 aromatic heterocycles. The predicted molar refractivity (Wildman–Crippen MR) is 228 cm³/mol. The molecule has 0 saturated carbocycles. The van der Waals surface area contributed by atoms with Crippen LogP contribution in [0.1, 0.15) is 47.0 Å². The van der Waals surface area contributed by atoms with Gasteiger partial charge in [0.05, 0.1) is 71.9 Å². The number of imidazole rings is 1. The molecule has 0 atom stereocenters. The molecule has 4 amide bonds. The minimum absolute atomic E-state index is 0.0162. The molecule has 0 bridgehead atoms. The molecule has 0 radical (unpaired) electrons. The lowest BCUT2D eigenvalue weighted by Gasteiger charge is -2.14. The molecule has 61 heavy (non-hydrogen) atoms. The monoisotopic (exact) mass is 802 g/mol. The zero-order valence-electron chi connectivity index (χ0n) is 32.0. The van der Waals surface area contributed by atoms with E-state index in [1.165, 1.54) is 49.5 Å². The van der Waals surface area contributed by atoms with Crippen LogP contribution in [-0.4, -0.2) is 42.7 Å². The second-order valence-electron chi connectivity index (χ2n) is 15.1. The number of hydrogen-bond donors (Lipinski definition) is 1. The van der Waals surface area contributed by atoms with Crippen LogP contribution < -0.4 is 32.0 Å². The van der Waals surface area contributed by atoms with Crippen LogP contribution in [0.15, 0.2) is 134 Å². The van der Waals surface area contributed by atoms with Crippen LogP contribution in [0.2, 0.25) is 0 Å². The molecule has 6 aromatic carbocycles. The highest BCUT2D eigenvalue weighted by atomic mass is 16.2. The summed E-state index contributed by atoms with van der Waals surface area (Å²) >= 11 is 0. The number of aromatic nitrogens is 4. The van der Waals surface area contributed by atoms with E-state index in [1.807, 2.05) is 25.1 Å². The summed E-state index contributed by atoms with van der Waals surface area (Å²) in [5.41, 5.74) is 3.63. The highest BCUT2D eigenvalue weighted by Gasteiger charge is 2.39. The summed E-state index contributed by atoms with van der Waals surface area (Å²) in [5, 5.41) is 0.0471. The van der Waals surface area contributed by atoms with Gasteiger partial charge in [0.2, 0.25) is 0 Å². The highest BCUT2D eigenvalue weighted by molar-refractivity contribution is 6.35. The topological polar surface area (TPSA) is 182 Å². The van der Waals surface area contributed by atoms with Gasteiger partial charge in [0.1, 0.15) is 5.82 Å².